The van der Waals surface area contributed by atoms with Crippen molar-refractivity contribution in [1.29, 1.82) is 0 Å². The monoisotopic (exact) mass is 343 g/mol. The van der Waals surface area contributed by atoms with Crippen molar-refractivity contribution in [3.05, 3.63) is 21.8 Å². The molecule has 1 aromatic heterocycles. The van der Waals surface area contributed by atoms with Crippen LogP contribution in [0.3, 0.4) is 0 Å². The Kier molecular flexibility index (Phi) is 4.30. The van der Waals surface area contributed by atoms with E-state index in [1.54, 1.807) is 6.20 Å². The number of anilines is 1. The van der Waals surface area contributed by atoms with Crippen LogP contribution in [-0.2, 0) is 0 Å². The van der Waals surface area contributed by atoms with Crippen molar-refractivity contribution in [3.8, 4) is 0 Å². The number of hydrogen-bond donors (Lipinski definition) is 1. The lowest BCUT2D eigenvalue weighted by Crippen LogP contribution is -2.46. The summed E-state index contributed by atoms with van der Waals surface area (Å²) in [7, 11) is 0. The second-order valence-corrected chi connectivity index (χ2v) is 6.78. The fourth-order valence-electron chi connectivity index (χ4n) is 2.70. The van der Waals surface area contributed by atoms with Crippen LogP contribution in [0.5, 0.6) is 0 Å². The fourth-order valence-corrected chi connectivity index (χ4v) is 3.57. The molecule has 5 heteroatoms. The summed E-state index contributed by atoms with van der Waals surface area (Å²) >= 11 is 9.57. The lowest BCUT2D eigenvalue weighted by molar-refractivity contribution is 0.431. The number of nitrogens with zero attached hydrogens (tertiary/aromatic N) is 2. The first kappa shape index (κ1) is 13.7. The van der Waals surface area contributed by atoms with Gasteiger partial charge in [-0.1, -0.05) is 11.6 Å². The minimum Gasteiger partial charge on any atom is -0.351 e. The minimum atomic E-state index is 0.555. The van der Waals surface area contributed by atoms with Crippen LogP contribution in [0, 0.1) is 0 Å². The van der Waals surface area contributed by atoms with Crippen LogP contribution in [0.4, 0.5) is 5.82 Å². The first-order valence-corrected chi connectivity index (χ1v) is 8.22. The van der Waals surface area contributed by atoms with Crippen molar-refractivity contribution in [2.45, 2.75) is 44.2 Å². The number of hydrogen-bond acceptors (Lipinski definition) is 3. The van der Waals surface area contributed by atoms with E-state index in [0.717, 1.165) is 29.4 Å². The number of aromatic nitrogens is 1. The number of piperidine rings is 1. The van der Waals surface area contributed by atoms with E-state index in [9.17, 15) is 0 Å². The molecule has 1 aliphatic carbocycles. The van der Waals surface area contributed by atoms with Crippen molar-refractivity contribution in [1.82, 2.24) is 10.3 Å². The standard InChI is InChI=1S/C14H19BrClN3/c15-13-7-10(16)8-18-14(13)19-6-2-1-3-12(19)9-17-11-4-5-11/h7-8,11-12,17H,1-6,9H2. The smallest absolute Gasteiger partial charge is 0.143 e. The molecule has 19 heavy (non-hydrogen) atoms. The van der Waals surface area contributed by atoms with Crippen LogP contribution in [0.15, 0.2) is 16.7 Å². The lowest BCUT2D eigenvalue weighted by atomic mass is 10.0. The molecule has 0 spiro atoms. The van der Waals surface area contributed by atoms with Crippen molar-refractivity contribution in [2.75, 3.05) is 18.0 Å². The number of pyridine rings is 1. The van der Waals surface area contributed by atoms with Crippen LogP contribution in [0.2, 0.25) is 5.02 Å². The van der Waals surface area contributed by atoms with Crippen molar-refractivity contribution in [2.24, 2.45) is 0 Å². The summed E-state index contributed by atoms with van der Waals surface area (Å²) in [4.78, 5) is 6.94. The second-order valence-electron chi connectivity index (χ2n) is 5.48. The third kappa shape index (κ3) is 3.41. The molecule has 1 atom stereocenters. The third-order valence-electron chi connectivity index (χ3n) is 3.91. The van der Waals surface area contributed by atoms with Gasteiger partial charge in [0, 0.05) is 31.4 Å². The van der Waals surface area contributed by atoms with Gasteiger partial charge >= 0.3 is 0 Å². The zero-order valence-electron chi connectivity index (χ0n) is 10.9. The van der Waals surface area contributed by atoms with Crippen molar-refractivity contribution in [3.63, 3.8) is 0 Å². The van der Waals surface area contributed by atoms with E-state index in [2.05, 4.69) is 31.1 Å². The van der Waals surface area contributed by atoms with Crippen LogP contribution in [0.1, 0.15) is 32.1 Å². The highest BCUT2D eigenvalue weighted by Gasteiger charge is 2.28. The quantitative estimate of drug-likeness (QED) is 0.904. The Hall–Kier alpha value is -0.320. The average Bonchev–Trinajstić information content (AvgIpc) is 3.21. The highest BCUT2D eigenvalue weighted by molar-refractivity contribution is 9.10. The number of halogens is 2. The Morgan fingerprint density at radius 3 is 2.95 bits per heavy atom. The van der Waals surface area contributed by atoms with Gasteiger partial charge in [0.25, 0.3) is 0 Å². The average molecular weight is 345 g/mol. The number of nitrogens with one attached hydrogen (secondary N) is 1. The van der Waals surface area contributed by atoms with Gasteiger partial charge in [0.2, 0.25) is 0 Å². The molecule has 0 aromatic carbocycles. The molecule has 1 unspecified atom stereocenters. The van der Waals surface area contributed by atoms with Gasteiger partial charge in [-0.2, -0.15) is 0 Å². The maximum Gasteiger partial charge on any atom is 0.143 e. The maximum absolute atomic E-state index is 5.98. The van der Waals surface area contributed by atoms with E-state index < -0.39 is 0 Å². The molecule has 2 aliphatic rings. The first-order valence-electron chi connectivity index (χ1n) is 7.05. The van der Waals surface area contributed by atoms with Crippen LogP contribution in [0.25, 0.3) is 0 Å². The predicted octanol–water partition coefficient (Wildman–Crippen LogP) is 3.61. The molecule has 2 fully saturated rings. The van der Waals surface area contributed by atoms with Gasteiger partial charge in [-0.25, -0.2) is 4.98 Å². The summed E-state index contributed by atoms with van der Waals surface area (Å²) in [6.45, 7) is 2.16. The van der Waals surface area contributed by atoms with Crippen LogP contribution >= 0.6 is 27.5 Å². The zero-order valence-corrected chi connectivity index (χ0v) is 13.3. The largest absolute Gasteiger partial charge is 0.351 e. The molecule has 0 bridgehead atoms. The molecule has 1 saturated heterocycles. The van der Waals surface area contributed by atoms with Gasteiger partial charge in [0.1, 0.15) is 5.82 Å². The summed E-state index contributed by atoms with van der Waals surface area (Å²) < 4.78 is 0.998. The van der Waals surface area contributed by atoms with Crippen molar-refractivity contribution >= 4 is 33.3 Å². The van der Waals surface area contributed by atoms with Gasteiger partial charge < -0.3 is 10.2 Å². The molecule has 0 amide bonds. The van der Waals surface area contributed by atoms with Gasteiger partial charge in [0.15, 0.2) is 0 Å². The van der Waals surface area contributed by atoms with Gasteiger partial charge in [-0.3, -0.25) is 0 Å². The summed E-state index contributed by atoms with van der Waals surface area (Å²) in [5, 5.41) is 4.33. The van der Waals surface area contributed by atoms with Crippen LogP contribution < -0.4 is 10.2 Å². The molecule has 2 heterocycles. The zero-order chi connectivity index (χ0) is 13.2. The summed E-state index contributed by atoms with van der Waals surface area (Å²) in [6, 6.07) is 3.26. The Labute approximate surface area is 127 Å². The minimum absolute atomic E-state index is 0.555. The topological polar surface area (TPSA) is 28.2 Å². The molecule has 1 N–H and O–H groups in total. The highest BCUT2D eigenvalue weighted by atomic mass is 79.9. The molecular weight excluding hydrogens is 326 g/mol. The number of rotatable bonds is 4. The van der Waals surface area contributed by atoms with E-state index in [1.807, 2.05) is 6.07 Å². The molecule has 0 radical (unpaired) electrons. The van der Waals surface area contributed by atoms with Crippen LogP contribution in [-0.4, -0.2) is 30.2 Å². The predicted molar refractivity (Wildman–Crippen MR) is 83.0 cm³/mol. The Balaban J connectivity index is 1.74. The Morgan fingerprint density at radius 1 is 1.37 bits per heavy atom. The van der Waals surface area contributed by atoms with E-state index in [-0.39, 0.29) is 0 Å². The first-order chi connectivity index (χ1) is 9.24. The summed E-state index contributed by atoms with van der Waals surface area (Å²) in [6.07, 6.45) is 8.23. The highest BCUT2D eigenvalue weighted by Crippen LogP contribution is 2.31. The molecule has 1 saturated carbocycles. The Morgan fingerprint density at radius 2 is 2.21 bits per heavy atom. The second kappa shape index (κ2) is 5.98. The summed E-state index contributed by atoms with van der Waals surface area (Å²) in [5.74, 6) is 1.03. The maximum atomic E-state index is 5.98. The van der Waals surface area contributed by atoms with E-state index in [0.29, 0.717) is 11.1 Å². The van der Waals surface area contributed by atoms with Crippen molar-refractivity contribution < 1.29 is 0 Å². The van der Waals surface area contributed by atoms with E-state index in [1.165, 1.54) is 32.1 Å². The normalized spacial score (nSPS) is 23.7. The summed E-state index contributed by atoms with van der Waals surface area (Å²) in [5.41, 5.74) is 0. The molecule has 1 aromatic rings. The lowest BCUT2D eigenvalue weighted by Gasteiger charge is -2.37. The molecule has 3 nitrogen and oxygen atoms in total. The third-order valence-corrected chi connectivity index (χ3v) is 4.70. The molecule has 1 aliphatic heterocycles. The van der Waals surface area contributed by atoms with Gasteiger partial charge in [-0.05, 0) is 54.1 Å². The fraction of sp³-hybridized carbons (Fsp3) is 0.643. The van der Waals surface area contributed by atoms with Gasteiger partial charge in [-0.15, -0.1) is 0 Å². The Bertz CT molecular complexity index is 450. The van der Waals surface area contributed by atoms with E-state index in [4.69, 9.17) is 11.6 Å². The van der Waals surface area contributed by atoms with Gasteiger partial charge in [0.05, 0.1) is 9.50 Å². The molecule has 104 valence electrons. The molecular formula is C14H19BrClN3. The molecule has 3 rings (SSSR count). The van der Waals surface area contributed by atoms with E-state index >= 15 is 0 Å². The SMILES string of the molecule is Clc1cnc(N2CCCCC2CNC2CC2)c(Br)c1.